The van der Waals surface area contributed by atoms with Crippen LogP contribution in [0.2, 0.25) is 0 Å². The molecule has 4 nitrogen and oxygen atoms in total. The van der Waals surface area contributed by atoms with Gasteiger partial charge in [0.1, 0.15) is 0 Å². The SMILES string of the molecule is CCCC1CCC(c2noc(CC(N)CC)n2)CC1. The van der Waals surface area contributed by atoms with Gasteiger partial charge in [-0.2, -0.15) is 4.98 Å². The van der Waals surface area contributed by atoms with Crippen LogP contribution in [-0.2, 0) is 6.42 Å². The zero-order valence-electron chi connectivity index (χ0n) is 12.3. The van der Waals surface area contributed by atoms with Crippen molar-refractivity contribution in [3.8, 4) is 0 Å². The molecule has 1 aromatic rings. The first-order chi connectivity index (χ1) is 9.22. The second-order valence-corrected chi connectivity index (χ2v) is 5.93. The Bertz CT molecular complexity index is 369. The van der Waals surface area contributed by atoms with Gasteiger partial charge in [0.25, 0.3) is 0 Å². The minimum absolute atomic E-state index is 0.133. The van der Waals surface area contributed by atoms with E-state index < -0.39 is 0 Å². The lowest BCUT2D eigenvalue weighted by atomic mass is 9.80. The van der Waals surface area contributed by atoms with Crippen molar-refractivity contribution in [2.45, 2.75) is 77.2 Å². The fourth-order valence-corrected chi connectivity index (χ4v) is 3.00. The minimum Gasteiger partial charge on any atom is -0.339 e. The van der Waals surface area contributed by atoms with Crippen LogP contribution in [0.25, 0.3) is 0 Å². The molecule has 1 fully saturated rings. The van der Waals surface area contributed by atoms with Gasteiger partial charge in [0, 0.05) is 18.4 Å². The quantitative estimate of drug-likeness (QED) is 0.856. The second-order valence-electron chi connectivity index (χ2n) is 5.93. The Labute approximate surface area is 116 Å². The van der Waals surface area contributed by atoms with Gasteiger partial charge in [0.15, 0.2) is 5.82 Å². The van der Waals surface area contributed by atoms with E-state index in [1.54, 1.807) is 0 Å². The summed E-state index contributed by atoms with van der Waals surface area (Å²) in [5.41, 5.74) is 5.92. The monoisotopic (exact) mass is 265 g/mol. The normalized spacial score (nSPS) is 25.4. The van der Waals surface area contributed by atoms with Crippen molar-refractivity contribution in [1.82, 2.24) is 10.1 Å². The molecule has 19 heavy (non-hydrogen) atoms. The van der Waals surface area contributed by atoms with Gasteiger partial charge >= 0.3 is 0 Å². The van der Waals surface area contributed by atoms with Gasteiger partial charge in [-0.1, -0.05) is 31.8 Å². The van der Waals surface area contributed by atoms with Crippen LogP contribution >= 0.6 is 0 Å². The van der Waals surface area contributed by atoms with E-state index in [2.05, 4.69) is 24.0 Å². The summed E-state index contributed by atoms with van der Waals surface area (Å²) in [6.07, 6.45) is 9.38. The Balaban J connectivity index is 1.86. The topological polar surface area (TPSA) is 64.9 Å². The summed E-state index contributed by atoms with van der Waals surface area (Å²) < 4.78 is 5.32. The molecule has 2 N–H and O–H groups in total. The zero-order valence-corrected chi connectivity index (χ0v) is 12.3. The summed E-state index contributed by atoms with van der Waals surface area (Å²) in [5, 5.41) is 4.16. The highest BCUT2D eigenvalue weighted by atomic mass is 16.5. The fraction of sp³-hybridized carbons (Fsp3) is 0.867. The Kier molecular flexibility index (Phi) is 5.37. The first kappa shape index (κ1) is 14.5. The minimum atomic E-state index is 0.133. The molecule has 4 heteroatoms. The molecule has 1 saturated carbocycles. The van der Waals surface area contributed by atoms with Crippen LogP contribution < -0.4 is 5.73 Å². The summed E-state index contributed by atoms with van der Waals surface area (Å²) >= 11 is 0. The third-order valence-electron chi connectivity index (χ3n) is 4.35. The van der Waals surface area contributed by atoms with Crippen molar-refractivity contribution in [3.05, 3.63) is 11.7 Å². The van der Waals surface area contributed by atoms with Crippen LogP contribution in [0.1, 0.15) is 76.4 Å². The maximum absolute atomic E-state index is 5.92. The molecule has 0 aliphatic heterocycles. The lowest BCUT2D eigenvalue weighted by Crippen LogP contribution is -2.21. The summed E-state index contributed by atoms with van der Waals surface area (Å²) in [5.74, 6) is 3.04. The first-order valence-corrected chi connectivity index (χ1v) is 7.81. The largest absolute Gasteiger partial charge is 0.339 e. The van der Waals surface area contributed by atoms with Gasteiger partial charge in [-0.3, -0.25) is 0 Å². The summed E-state index contributed by atoms with van der Waals surface area (Å²) in [6.45, 7) is 4.35. The highest BCUT2D eigenvalue weighted by Crippen LogP contribution is 2.36. The predicted octanol–water partition coefficient (Wildman–Crippen LogP) is 3.42. The molecule has 1 aromatic heterocycles. The molecule has 0 radical (unpaired) electrons. The van der Waals surface area contributed by atoms with E-state index in [9.17, 15) is 0 Å². The third kappa shape index (κ3) is 4.03. The average Bonchev–Trinajstić information content (AvgIpc) is 2.88. The van der Waals surface area contributed by atoms with Crippen molar-refractivity contribution in [2.75, 3.05) is 0 Å². The third-order valence-corrected chi connectivity index (χ3v) is 4.35. The maximum atomic E-state index is 5.92. The number of hydrogen-bond donors (Lipinski definition) is 1. The summed E-state index contributed by atoms with van der Waals surface area (Å²) in [7, 11) is 0. The molecule has 2 rings (SSSR count). The number of hydrogen-bond acceptors (Lipinski definition) is 4. The molecule has 0 amide bonds. The van der Waals surface area contributed by atoms with Crippen molar-refractivity contribution in [3.63, 3.8) is 0 Å². The smallest absolute Gasteiger partial charge is 0.228 e. The molecule has 1 aliphatic carbocycles. The molecule has 1 unspecified atom stereocenters. The van der Waals surface area contributed by atoms with E-state index in [0.717, 1.165) is 18.2 Å². The van der Waals surface area contributed by atoms with E-state index in [1.807, 2.05) is 0 Å². The van der Waals surface area contributed by atoms with Crippen LogP contribution in [0.4, 0.5) is 0 Å². The van der Waals surface area contributed by atoms with Crippen molar-refractivity contribution >= 4 is 0 Å². The molecule has 0 aromatic carbocycles. The van der Waals surface area contributed by atoms with Gasteiger partial charge in [-0.15, -0.1) is 0 Å². The number of nitrogens with two attached hydrogens (primary N) is 1. The molecule has 1 heterocycles. The zero-order chi connectivity index (χ0) is 13.7. The van der Waals surface area contributed by atoms with E-state index in [0.29, 0.717) is 18.2 Å². The van der Waals surface area contributed by atoms with Gasteiger partial charge in [0.2, 0.25) is 5.89 Å². The van der Waals surface area contributed by atoms with E-state index >= 15 is 0 Å². The summed E-state index contributed by atoms with van der Waals surface area (Å²) in [6, 6.07) is 0.133. The molecular formula is C15H27N3O. The lowest BCUT2D eigenvalue weighted by molar-refractivity contribution is 0.294. The highest BCUT2D eigenvalue weighted by Gasteiger charge is 2.25. The van der Waals surface area contributed by atoms with Gasteiger partial charge in [-0.25, -0.2) is 0 Å². The van der Waals surface area contributed by atoms with Crippen molar-refractivity contribution in [1.29, 1.82) is 0 Å². The number of nitrogens with zero attached hydrogens (tertiary/aromatic N) is 2. The number of aromatic nitrogens is 2. The predicted molar refractivity (Wildman–Crippen MR) is 75.9 cm³/mol. The van der Waals surface area contributed by atoms with E-state index in [4.69, 9.17) is 10.3 Å². The molecule has 0 bridgehead atoms. The highest BCUT2D eigenvalue weighted by molar-refractivity contribution is 4.98. The molecular weight excluding hydrogens is 238 g/mol. The maximum Gasteiger partial charge on any atom is 0.228 e. The Morgan fingerprint density at radius 2 is 2.00 bits per heavy atom. The van der Waals surface area contributed by atoms with E-state index in [-0.39, 0.29) is 6.04 Å². The van der Waals surface area contributed by atoms with Gasteiger partial charge in [0.05, 0.1) is 0 Å². The van der Waals surface area contributed by atoms with Crippen LogP contribution in [0.15, 0.2) is 4.52 Å². The number of rotatable bonds is 6. The second kappa shape index (κ2) is 7.04. The standard InChI is InChI=1S/C15H27N3O/c1-3-5-11-6-8-12(9-7-11)15-17-14(19-18-15)10-13(16)4-2/h11-13H,3-10,16H2,1-2H3. The molecule has 1 aliphatic rings. The fourth-order valence-electron chi connectivity index (χ4n) is 3.00. The van der Waals surface area contributed by atoms with Crippen LogP contribution in [0.3, 0.4) is 0 Å². The van der Waals surface area contributed by atoms with Crippen molar-refractivity contribution in [2.24, 2.45) is 11.7 Å². The first-order valence-electron chi connectivity index (χ1n) is 7.81. The Morgan fingerprint density at radius 1 is 1.26 bits per heavy atom. The molecule has 0 saturated heterocycles. The lowest BCUT2D eigenvalue weighted by Gasteiger charge is -2.26. The Hall–Kier alpha value is -0.900. The van der Waals surface area contributed by atoms with Crippen molar-refractivity contribution < 1.29 is 4.52 Å². The average molecular weight is 265 g/mol. The van der Waals surface area contributed by atoms with Gasteiger partial charge < -0.3 is 10.3 Å². The van der Waals surface area contributed by atoms with Gasteiger partial charge in [-0.05, 0) is 38.0 Å². The van der Waals surface area contributed by atoms with Crippen LogP contribution in [-0.4, -0.2) is 16.2 Å². The summed E-state index contributed by atoms with van der Waals surface area (Å²) in [4.78, 5) is 4.54. The van der Waals surface area contributed by atoms with E-state index in [1.165, 1.54) is 38.5 Å². The molecule has 1 atom stereocenters. The molecule has 108 valence electrons. The van der Waals surface area contributed by atoms with Crippen LogP contribution in [0.5, 0.6) is 0 Å². The van der Waals surface area contributed by atoms with Crippen LogP contribution in [0, 0.1) is 5.92 Å². The molecule has 0 spiro atoms. The Morgan fingerprint density at radius 3 is 2.63 bits per heavy atom.